The van der Waals surface area contributed by atoms with E-state index in [-0.39, 0.29) is 30.8 Å². The van der Waals surface area contributed by atoms with Crippen LogP contribution in [0.3, 0.4) is 0 Å². The van der Waals surface area contributed by atoms with Gasteiger partial charge in [0.1, 0.15) is 5.75 Å². The summed E-state index contributed by atoms with van der Waals surface area (Å²) in [6.45, 7) is 1.04. The molecule has 2 aliphatic heterocycles. The molecular weight excluding hydrogens is 282 g/mol. The topological polar surface area (TPSA) is 55.8 Å². The standard InChI is InChI=1S/C14H14ClNO4/c15-10-1-2-13-11(5-10)16(14(18)8-20-13)6-12(17)9-3-4-19-7-9/h1-2,5,9H,3-4,6-8H2. The Labute approximate surface area is 121 Å². The highest BCUT2D eigenvalue weighted by atomic mass is 35.5. The normalized spacial score (nSPS) is 21.6. The van der Waals surface area contributed by atoms with Gasteiger partial charge in [-0.05, 0) is 24.6 Å². The molecule has 0 spiro atoms. The Balaban J connectivity index is 1.83. The first kappa shape index (κ1) is 13.4. The molecule has 2 aliphatic rings. The lowest BCUT2D eigenvalue weighted by molar-refractivity contribution is -0.126. The van der Waals surface area contributed by atoms with Crippen LogP contribution >= 0.6 is 11.6 Å². The van der Waals surface area contributed by atoms with E-state index in [1.54, 1.807) is 18.2 Å². The summed E-state index contributed by atoms with van der Waals surface area (Å²) in [5.74, 6) is 0.244. The molecule has 1 aromatic carbocycles. The summed E-state index contributed by atoms with van der Waals surface area (Å²) in [6, 6.07) is 5.05. The predicted molar refractivity (Wildman–Crippen MR) is 73.2 cm³/mol. The van der Waals surface area contributed by atoms with Crippen molar-refractivity contribution in [1.82, 2.24) is 0 Å². The zero-order chi connectivity index (χ0) is 14.1. The number of rotatable bonds is 3. The first-order chi connectivity index (χ1) is 9.65. The fourth-order valence-electron chi connectivity index (χ4n) is 2.42. The Morgan fingerprint density at radius 1 is 1.45 bits per heavy atom. The molecule has 0 aliphatic carbocycles. The predicted octanol–water partition coefficient (Wildman–Crippen LogP) is 1.67. The van der Waals surface area contributed by atoms with Crippen LogP contribution in [0.15, 0.2) is 18.2 Å². The van der Waals surface area contributed by atoms with Crippen LogP contribution in [0.1, 0.15) is 6.42 Å². The molecular formula is C14H14ClNO4. The van der Waals surface area contributed by atoms with Gasteiger partial charge in [0.05, 0.1) is 18.8 Å². The van der Waals surface area contributed by atoms with Gasteiger partial charge < -0.3 is 9.47 Å². The van der Waals surface area contributed by atoms with Gasteiger partial charge in [-0.2, -0.15) is 0 Å². The van der Waals surface area contributed by atoms with E-state index >= 15 is 0 Å². The Kier molecular flexibility index (Phi) is 3.63. The molecule has 1 unspecified atom stereocenters. The summed E-state index contributed by atoms with van der Waals surface area (Å²) in [7, 11) is 0. The summed E-state index contributed by atoms with van der Waals surface area (Å²) in [5, 5.41) is 0.503. The van der Waals surface area contributed by atoms with E-state index in [9.17, 15) is 9.59 Å². The summed E-state index contributed by atoms with van der Waals surface area (Å²) < 4.78 is 10.6. The smallest absolute Gasteiger partial charge is 0.265 e. The second-order valence-corrected chi connectivity index (χ2v) is 5.34. The SMILES string of the molecule is O=C(CN1C(=O)COc2ccc(Cl)cc21)C1CCOC1. The minimum atomic E-state index is -0.230. The molecule has 2 heterocycles. The van der Waals surface area contributed by atoms with E-state index in [2.05, 4.69) is 0 Å². The number of ether oxygens (including phenoxy) is 2. The zero-order valence-electron chi connectivity index (χ0n) is 10.8. The van der Waals surface area contributed by atoms with Crippen LogP contribution < -0.4 is 9.64 Å². The average molecular weight is 296 g/mol. The van der Waals surface area contributed by atoms with Crippen LogP contribution in [0.5, 0.6) is 5.75 Å². The van der Waals surface area contributed by atoms with Crippen molar-refractivity contribution < 1.29 is 19.1 Å². The Morgan fingerprint density at radius 3 is 3.05 bits per heavy atom. The molecule has 0 radical (unpaired) electrons. The van der Waals surface area contributed by atoms with Gasteiger partial charge in [0.25, 0.3) is 5.91 Å². The fraction of sp³-hybridized carbons (Fsp3) is 0.429. The van der Waals surface area contributed by atoms with Crippen LogP contribution in [0.25, 0.3) is 0 Å². The van der Waals surface area contributed by atoms with E-state index in [1.807, 2.05) is 0 Å². The number of halogens is 1. The molecule has 1 saturated heterocycles. The van der Waals surface area contributed by atoms with E-state index < -0.39 is 0 Å². The lowest BCUT2D eigenvalue weighted by atomic mass is 10.0. The Morgan fingerprint density at radius 2 is 2.30 bits per heavy atom. The summed E-state index contributed by atoms with van der Waals surface area (Å²) >= 11 is 5.95. The van der Waals surface area contributed by atoms with Crippen LogP contribution in [0, 0.1) is 5.92 Å². The molecule has 0 bridgehead atoms. The van der Waals surface area contributed by atoms with Crippen molar-refractivity contribution in [3.05, 3.63) is 23.2 Å². The molecule has 3 rings (SSSR count). The lowest BCUT2D eigenvalue weighted by Crippen LogP contribution is -2.43. The highest BCUT2D eigenvalue weighted by Crippen LogP contribution is 2.34. The number of nitrogens with zero attached hydrogens (tertiary/aromatic N) is 1. The van der Waals surface area contributed by atoms with Crippen LogP contribution in [-0.4, -0.2) is 38.1 Å². The number of anilines is 1. The maximum absolute atomic E-state index is 12.2. The molecule has 6 heteroatoms. The Bertz CT molecular complexity index is 554. The van der Waals surface area contributed by atoms with Gasteiger partial charge in [-0.1, -0.05) is 11.6 Å². The van der Waals surface area contributed by atoms with Crippen molar-refractivity contribution in [3.8, 4) is 5.75 Å². The van der Waals surface area contributed by atoms with Crippen molar-refractivity contribution in [1.29, 1.82) is 0 Å². The van der Waals surface area contributed by atoms with Gasteiger partial charge in [0.2, 0.25) is 0 Å². The fourth-order valence-corrected chi connectivity index (χ4v) is 2.59. The van der Waals surface area contributed by atoms with Gasteiger partial charge in [0, 0.05) is 17.5 Å². The average Bonchev–Trinajstić information content (AvgIpc) is 2.96. The Hall–Kier alpha value is -1.59. The number of carbonyl (C=O) groups excluding carboxylic acids is 2. The second-order valence-electron chi connectivity index (χ2n) is 4.91. The zero-order valence-corrected chi connectivity index (χ0v) is 11.6. The quantitative estimate of drug-likeness (QED) is 0.851. The third-order valence-corrected chi connectivity index (χ3v) is 3.80. The molecule has 1 fully saturated rings. The van der Waals surface area contributed by atoms with Crippen molar-refractivity contribution in [3.63, 3.8) is 0 Å². The number of amides is 1. The molecule has 0 N–H and O–H groups in total. The van der Waals surface area contributed by atoms with Crippen LogP contribution in [0.2, 0.25) is 5.02 Å². The number of hydrogen-bond donors (Lipinski definition) is 0. The largest absolute Gasteiger partial charge is 0.482 e. The molecule has 20 heavy (non-hydrogen) atoms. The van der Waals surface area contributed by atoms with E-state index in [4.69, 9.17) is 21.1 Å². The lowest BCUT2D eigenvalue weighted by Gasteiger charge is -2.29. The number of hydrogen-bond acceptors (Lipinski definition) is 4. The number of Topliss-reactive ketones (excluding diaryl/α,β-unsaturated/α-hetero) is 1. The highest BCUT2D eigenvalue weighted by molar-refractivity contribution is 6.31. The van der Waals surface area contributed by atoms with Gasteiger partial charge in [-0.3, -0.25) is 14.5 Å². The van der Waals surface area contributed by atoms with Crippen molar-refractivity contribution in [2.75, 3.05) is 31.3 Å². The molecule has 106 valence electrons. The first-order valence-electron chi connectivity index (χ1n) is 6.48. The highest BCUT2D eigenvalue weighted by Gasteiger charge is 2.31. The van der Waals surface area contributed by atoms with Crippen LogP contribution in [0.4, 0.5) is 5.69 Å². The third-order valence-electron chi connectivity index (χ3n) is 3.56. The van der Waals surface area contributed by atoms with Gasteiger partial charge in [0.15, 0.2) is 12.4 Å². The van der Waals surface area contributed by atoms with Gasteiger partial charge >= 0.3 is 0 Å². The second kappa shape index (κ2) is 5.42. The summed E-state index contributed by atoms with van der Waals surface area (Å²) in [4.78, 5) is 25.6. The molecule has 1 aromatic rings. The number of carbonyl (C=O) groups is 2. The van der Waals surface area contributed by atoms with E-state index in [1.165, 1.54) is 4.90 Å². The van der Waals surface area contributed by atoms with Gasteiger partial charge in [-0.15, -0.1) is 0 Å². The van der Waals surface area contributed by atoms with Gasteiger partial charge in [-0.25, -0.2) is 0 Å². The molecule has 0 aromatic heterocycles. The van der Waals surface area contributed by atoms with Crippen molar-refractivity contribution in [2.45, 2.75) is 6.42 Å². The minimum Gasteiger partial charge on any atom is -0.482 e. The molecule has 1 amide bonds. The van der Waals surface area contributed by atoms with Crippen molar-refractivity contribution in [2.24, 2.45) is 5.92 Å². The van der Waals surface area contributed by atoms with Crippen LogP contribution in [-0.2, 0) is 14.3 Å². The van der Waals surface area contributed by atoms with Crippen molar-refractivity contribution >= 4 is 29.0 Å². The number of benzene rings is 1. The summed E-state index contributed by atoms with van der Waals surface area (Å²) in [6.07, 6.45) is 0.722. The van der Waals surface area contributed by atoms with E-state index in [0.29, 0.717) is 29.7 Å². The van der Waals surface area contributed by atoms with E-state index in [0.717, 1.165) is 6.42 Å². The maximum Gasteiger partial charge on any atom is 0.265 e. The molecule has 1 atom stereocenters. The third kappa shape index (κ3) is 2.51. The molecule has 0 saturated carbocycles. The monoisotopic (exact) mass is 295 g/mol. The number of ketones is 1. The maximum atomic E-state index is 12.2. The summed E-state index contributed by atoms with van der Waals surface area (Å²) in [5.41, 5.74) is 0.556. The number of fused-ring (bicyclic) bond motifs is 1. The first-order valence-corrected chi connectivity index (χ1v) is 6.86. The molecule has 5 nitrogen and oxygen atoms in total. The minimum absolute atomic E-state index is 0.0173.